The van der Waals surface area contributed by atoms with Crippen molar-refractivity contribution in [2.24, 2.45) is 0 Å². The van der Waals surface area contributed by atoms with Crippen LogP contribution in [0.3, 0.4) is 0 Å². The molecule has 1 spiro atoms. The minimum Gasteiger partial charge on any atom is -0.457 e. The molecule has 0 fully saturated rings. The summed E-state index contributed by atoms with van der Waals surface area (Å²) in [4.78, 5) is 15.4. The number of rotatable bonds is 2. The van der Waals surface area contributed by atoms with E-state index in [2.05, 4.69) is 133 Å². The maximum Gasteiger partial charge on any atom is 0.180 e. The second-order valence-electron chi connectivity index (χ2n) is 12.7. The summed E-state index contributed by atoms with van der Waals surface area (Å²) in [5.74, 6) is 2.42. The lowest BCUT2D eigenvalue weighted by molar-refractivity contribution is 0.436. The van der Waals surface area contributed by atoms with Crippen LogP contribution < -0.4 is 4.74 Å². The van der Waals surface area contributed by atoms with Crippen LogP contribution in [0.25, 0.3) is 65.0 Å². The van der Waals surface area contributed by atoms with Gasteiger partial charge in [-0.1, -0.05) is 115 Å². The van der Waals surface area contributed by atoms with Gasteiger partial charge in [-0.3, -0.25) is 4.98 Å². The highest BCUT2D eigenvalue weighted by Gasteiger charge is 2.51. The highest BCUT2D eigenvalue weighted by molar-refractivity contribution is 7.26. The van der Waals surface area contributed by atoms with Crippen LogP contribution in [0, 0.1) is 0 Å². The number of hydrogen-bond donors (Lipinski definition) is 0. The van der Waals surface area contributed by atoms with Crippen LogP contribution in [0.4, 0.5) is 0 Å². The van der Waals surface area contributed by atoms with Gasteiger partial charge in [0.25, 0.3) is 0 Å². The second-order valence-corrected chi connectivity index (χ2v) is 13.8. The average molecular weight is 644 g/mol. The molecule has 11 rings (SSSR count). The van der Waals surface area contributed by atoms with E-state index in [-0.39, 0.29) is 0 Å². The molecule has 6 aromatic carbocycles. The predicted molar refractivity (Wildman–Crippen MR) is 198 cm³/mol. The third kappa shape index (κ3) is 3.60. The first-order chi connectivity index (χ1) is 24.3. The normalized spacial score (nSPS) is 13.6. The molecule has 0 radical (unpaired) electrons. The molecular formula is C44H25N3OS. The number of ether oxygens (including phenoxy) is 1. The Bertz CT molecular complexity index is 2790. The van der Waals surface area contributed by atoms with E-state index in [1.807, 2.05) is 18.3 Å². The Balaban J connectivity index is 1.21. The summed E-state index contributed by atoms with van der Waals surface area (Å²) >= 11 is 1.75. The van der Waals surface area contributed by atoms with Crippen molar-refractivity contribution in [3.63, 3.8) is 0 Å². The number of fused-ring (bicyclic) bond motifs is 13. The molecule has 0 amide bonds. The summed E-state index contributed by atoms with van der Waals surface area (Å²) in [6.45, 7) is 0. The van der Waals surface area contributed by atoms with Crippen molar-refractivity contribution < 1.29 is 4.74 Å². The highest BCUT2D eigenvalue weighted by atomic mass is 32.1. The number of benzene rings is 6. The lowest BCUT2D eigenvalue weighted by atomic mass is 9.66. The molecule has 2 aliphatic rings. The Morgan fingerprint density at radius 3 is 2.04 bits per heavy atom. The summed E-state index contributed by atoms with van der Waals surface area (Å²) in [6.07, 6.45) is 1.85. The van der Waals surface area contributed by atoms with Crippen LogP contribution >= 0.6 is 11.3 Å². The molecule has 1 aliphatic heterocycles. The van der Waals surface area contributed by atoms with E-state index in [9.17, 15) is 0 Å². The molecule has 1 aliphatic carbocycles. The summed E-state index contributed by atoms with van der Waals surface area (Å²) in [5, 5.41) is 3.29. The Morgan fingerprint density at radius 2 is 1.20 bits per heavy atom. The van der Waals surface area contributed by atoms with Crippen LogP contribution in [-0.4, -0.2) is 15.0 Å². The quantitative estimate of drug-likeness (QED) is 0.188. The van der Waals surface area contributed by atoms with Crippen LogP contribution in [0.5, 0.6) is 11.5 Å². The van der Waals surface area contributed by atoms with Crippen LogP contribution in [0.2, 0.25) is 0 Å². The molecule has 5 heteroatoms. The first kappa shape index (κ1) is 26.9. The van der Waals surface area contributed by atoms with Crippen molar-refractivity contribution >= 4 is 42.4 Å². The van der Waals surface area contributed by atoms with Gasteiger partial charge in [0, 0.05) is 38.4 Å². The minimum absolute atomic E-state index is 0.507. The summed E-state index contributed by atoms with van der Waals surface area (Å²) in [7, 11) is 0. The molecule has 228 valence electrons. The fourth-order valence-electron chi connectivity index (χ4n) is 8.20. The largest absolute Gasteiger partial charge is 0.457 e. The molecule has 3 aromatic heterocycles. The van der Waals surface area contributed by atoms with E-state index in [1.54, 1.807) is 11.3 Å². The Morgan fingerprint density at radius 1 is 0.531 bits per heavy atom. The lowest BCUT2D eigenvalue weighted by Crippen LogP contribution is -2.32. The highest BCUT2D eigenvalue weighted by Crippen LogP contribution is 2.62. The maximum atomic E-state index is 6.53. The van der Waals surface area contributed by atoms with Gasteiger partial charge in [-0.2, -0.15) is 0 Å². The third-order valence-corrected chi connectivity index (χ3v) is 11.4. The number of aromatic nitrogens is 3. The molecule has 49 heavy (non-hydrogen) atoms. The fraction of sp³-hybridized carbons (Fsp3) is 0.0227. The van der Waals surface area contributed by atoms with Gasteiger partial charge < -0.3 is 4.74 Å². The molecule has 9 aromatic rings. The van der Waals surface area contributed by atoms with E-state index >= 15 is 0 Å². The van der Waals surface area contributed by atoms with Crippen molar-refractivity contribution in [3.8, 4) is 45.4 Å². The van der Waals surface area contributed by atoms with Gasteiger partial charge in [-0.15, -0.1) is 11.3 Å². The second kappa shape index (κ2) is 9.92. The van der Waals surface area contributed by atoms with Crippen molar-refractivity contribution in [2.45, 2.75) is 5.41 Å². The van der Waals surface area contributed by atoms with E-state index in [1.165, 1.54) is 27.0 Å². The first-order valence-corrected chi connectivity index (χ1v) is 17.3. The van der Waals surface area contributed by atoms with E-state index < -0.39 is 5.41 Å². The maximum absolute atomic E-state index is 6.53. The van der Waals surface area contributed by atoms with Gasteiger partial charge in [0.2, 0.25) is 0 Å². The monoisotopic (exact) mass is 643 g/mol. The summed E-state index contributed by atoms with van der Waals surface area (Å²) < 4.78 is 8.80. The number of nitrogens with zero attached hydrogens (tertiary/aromatic N) is 3. The van der Waals surface area contributed by atoms with Crippen LogP contribution in [-0.2, 0) is 5.41 Å². The van der Waals surface area contributed by atoms with E-state index in [0.717, 1.165) is 66.0 Å². The summed E-state index contributed by atoms with van der Waals surface area (Å²) in [6, 6.07) is 51.6. The lowest BCUT2D eigenvalue weighted by Gasteiger charge is -2.39. The van der Waals surface area contributed by atoms with E-state index in [0.29, 0.717) is 5.82 Å². The molecular weight excluding hydrogens is 619 g/mol. The van der Waals surface area contributed by atoms with Crippen molar-refractivity contribution in [2.75, 3.05) is 0 Å². The van der Waals surface area contributed by atoms with Gasteiger partial charge in [0.1, 0.15) is 17.2 Å². The molecule has 4 nitrogen and oxygen atoms in total. The van der Waals surface area contributed by atoms with Gasteiger partial charge in [0.05, 0.1) is 21.3 Å². The molecule has 4 heterocycles. The molecule has 0 saturated heterocycles. The van der Waals surface area contributed by atoms with Crippen molar-refractivity contribution in [1.29, 1.82) is 0 Å². The number of hydrogen-bond acceptors (Lipinski definition) is 5. The zero-order valence-electron chi connectivity index (χ0n) is 26.1. The van der Waals surface area contributed by atoms with Crippen molar-refractivity contribution in [1.82, 2.24) is 15.0 Å². The van der Waals surface area contributed by atoms with Crippen LogP contribution in [0.15, 0.2) is 152 Å². The first-order valence-electron chi connectivity index (χ1n) is 16.4. The van der Waals surface area contributed by atoms with Gasteiger partial charge in [-0.05, 0) is 58.0 Å². The minimum atomic E-state index is -0.507. The van der Waals surface area contributed by atoms with Crippen molar-refractivity contribution in [3.05, 3.63) is 174 Å². The van der Waals surface area contributed by atoms with Gasteiger partial charge in [0.15, 0.2) is 5.82 Å². The Labute approximate surface area is 286 Å². The SMILES string of the molecule is c1ccc2c(c1)Oc1ccccc1C21c2ccccc2-c2cc(-c3nc(-c4nccc5ccccc45)nc4c3sc3ccccc34)ccc21. The molecule has 0 unspecified atom stereocenters. The molecule has 0 saturated carbocycles. The smallest absolute Gasteiger partial charge is 0.180 e. The topological polar surface area (TPSA) is 47.9 Å². The standard InChI is InChI=1S/C44H25N3OS/c1-2-12-28-26(11-1)23-24-45-41(28)43-46-39(42-40(47-43)30-14-4-10-20-38(30)49-42)27-21-22-33-31(25-27)29-13-3-5-15-32(29)44(33)34-16-6-8-18-36(34)48-37-19-9-7-17-35(37)44/h1-25H. The zero-order valence-corrected chi connectivity index (χ0v) is 26.9. The number of para-hydroxylation sites is 2. The van der Waals surface area contributed by atoms with Gasteiger partial charge in [-0.25, -0.2) is 9.97 Å². The number of thiophene rings is 1. The Kier molecular flexibility index (Phi) is 5.44. The number of pyridine rings is 1. The molecule has 0 N–H and O–H groups in total. The fourth-order valence-corrected chi connectivity index (χ4v) is 9.35. The predicted octanol–water partition coefficient (Wildman–Crippen LogP) is 11.2. The zero-order chi connectivity index (χ0) is 32.1. The van der Waals surface area contributed by atoms with Gasteiger partial charge >= 0.3 is 0 Å². The summed E-state index contributed by atoms with van der Waals surface area (Å²) in [5.41, 5.74) is 10.5. The molecule has 0 bridgehead atoms. The van der Waals surface area contributed by atoms with E-state index in [4.69, 9.17) is 19.7 Å². The Hall–Kier alpha value is -6.17. The third-order valence-electron chi connectivity index (χ3n) is 10.2. The van der Waals surface area contributed by atoms with Crippen LogP contribution in [0.1, 0.15) is 22.3 Å². The molecule has 0 atom stereocenters. The average Bonchev–Trinajstić information content (AvgIpc) is 3.68.